The fourth-order valence-corrected chi connectivity index (χ4v) is 4.71. The molecule has 2 aromatic rings. The molecule has 0 spiro atoms. The van der Waals surface area contributed by atoms with E-state index in [1.165, 1.54) is 12.3 Å². The third kappa shape index (κ3) is 7.57. The van der Waals surface area contributed by atoms with Crippen LogP contribution in [-0.4, -0.2) is 40.6 Å². The monoisotopic (exact) mass is 490 g/mol. The molecule has 1 aliphatic carbocycles. The number of benzene rings is 1. The second-order valence-corrected chi connectivity index (χ2v) is 9.16. The number of thioether (sulfide) groups is 1. The van der Waals surface area contributed by atoms with E-state index in [9.17, 15) is 9.18 Å². The Morgan fingerprint density at radius 3 is 2.70 bits per heavy atom. The lowest BCUT2D eigenvalue weighted by molar-refractivity contribution is 0.0942. The van der Waals surface area contributed by atoms with E-state index in [0.717, 1.165) is 23.4 Å². The largest absolute Gasteiger partial charge is 0.347 e. The van der Waals surface area contributed by atoms with Gasteiger partial charge in [-0.15, -0.1) is 23.4 Å². The predicted molar refractivity (Wildman–Crippen MR) is 139 cm³/mol. The van der Waals surface area contributed by atoms with Crippen molar-refractivity contribution in [2.45, 2.75) is 55.7 Å². The molecule has 1 aliphatic rings. The highest BCUT2D eigenvalue weighted by Crippen LogP contribution is 2.34. The highest BCUT2D eigenvalue weighted by Gasteiger charge is 2.20. The molecule has 1 N–H and O–H groups in total. The van der Waals surface area contributed by atoms with Crippen LogP contribution in [0.1, 0.15) is 48.4 Å². The van der Waals surface area contributed by atoms with Crippen molar-refractivity contribution in [3.63, 3.8) is 0 Å². The summed E-state index contributed by atoms with van der Waals surface area (Å²) in [4.78, 5) is 21.9. The lowest BCUT2D eigenvalue weighted by Gasteiger charge is -2.18. The molecule has 0 fully saturated rings. The smallest absolute Gasteiger partial charge is 0.268 e. The number of carbonyl (C=O) groups is 1. The fourth-order valence-electron chi connectivity index (χ4n) is 3.26. The van der Waals surface area contributed by atoms with Gasteiger partial charge in [-0.25, -0.2) is 4.39 Å². The average Bonchev–Trinajstić information content (AvgIpc) is 3.10. The van der Waals surface area contributed by atoms with Crippen LogP contribution in [0.25, 0.3) is 0 Å². The number of halogens is 2. The molecule has 5 nitrogen and oxygen atoms in total. The summed E-state index contributed by atoms with van der Waals surface area (Å²) in [5.74, 6) is -0.631. The van der Waals surface area contributed by atoms with Crippen molar-refractivity contribution < 1.29 is 9.18 Å². The lowest BCUT2D eigenvalue weighted by Crippen LogP contribution is -2.25. The van der Waals surface area contributed by atoms with Crippen LogP contribution in [0.5, 0.6) is 0 Å². The van der Waals surface area contributed by atoms with Gasteiger partial charge in [0.2, 0.25) is 0 Å². The normalized spacial score (nSPS) is 17.9. The Hall–Kier alpha value is -2.38. The SMILES string of the molecule is CC.CN=CC=Nc1ccc(F)c(CNC(=O)c2cc(SC3C=CC(Cl)CC3)c(C)n2C)c1. The van der Waals surface area contributed by atoms with Gasteiger partial charge >= 0.3 is 0 Å². The summed E-state index contributed by atoms with van der Waals surface area (Å²) in [6.07, 6.45) is 9.23. The zero-order valence-electron chi connectivity index (χ0n) is 19.8. The molecule has 0 saturated heterocycles. The molecule has 0 bridgehead atoms. The molecule has 0 aliphatic heterocycles. The minimum atomic E-state index is -0.385. The van der Waals surface area contributed by atoms with Crippen LogP contribution in [0.3, 0.4) is 0 Å². The average molecular weight is 491 g/mol. The van der Waals surface area contributed by atoms with Gasteiger partial charge in [-0.2, -0.15) is 0 Å². The molecule has 2 unspecified atom stereocenters. The molecule has 1 aromatic carbocycles. The summed E-state index contributed by atoms with van der Waals surface area (Å²) in [7, 11) is 3.51. The van der Waals surface area contributed by atoms with Crippen LogP contribution in [0.4, 0.5) is 10.1 Å². The van der Waals surface area contributed by atoms with E-state index in [4.69, 9.17) is 11.6 Å². The van der Waals surface area contributed by atoms with E-state index in [-0.39, 0.29) is 23.6 Å². The number of nitrogens with one attached hydrogen (secondary N) is 1. The molecule has 2 atom stereocenters. The number of aromatic nitrogens is 1. The Kier molecular flexibility index (Phi) is 10.9. The first-order chi connectivity index (χ1) is 15.9. The Balaban J connectivity index is 0.00000187. The predicted octanol–water partition coefficient (Wildman–Crippen LogP) is 6.25. The first kappa shape index (κ1) is 26.9. The number of carbonyl (C=O) groups excluding carboxylic acids is 1. The van der Waals surface area contributed by atoms with Crippen molar-refractivity contribution >= 4 is 47.4 Å². The number of alkyl halides is 1. The highest BCUT2D eigenvalue weighted by molar-refractivity contribution is 8.00. The van der Waals surface area contributed by atoms with Crippen molar-refractivity contribution in [3.8, 4) is 0 Å². The summed E-state index contributed by atoms with van der Waals surface area (Å²) in [6, 6.07) is 6.45. The van der Waals surface area contributed by atoms with Gasteiger partial charge in [0.15, 0.2) is 0 Å². The second-order valence-electron chi connectivity index (χ2n) is 7.32. The molecule has 33 heavy (non-hydrogen) atoms. The van der Waals surface area contributed by atoms with Gasteiger partial charge in [0, 0.05) is 54.5 Å². The Bertz CT molecular complexity index is 1030. The summed E-state index contributed by atoms with van der Waals surface area (Å²) >= 11 is 7.87. The van der Waals surface area contributed by atoms with Crippen molar-refractivity contribution in [2.24, 2.45) is 17.0 Å². The van der Waals surface area contributed by atoms with E-state index in [1.54, 1.807) is 37.2 Å². The lowest BCUT2D eigenvalue weighted by atomic mass is 10.1. The fraction of sp³-hybridized carbons (Fsp3) is 0.400. The van der Waals surface area contributed by atoms with Gasteiger partial charge in [-0.1, -0.05) is 26.0 Å². The second kappa shape index (κ2) is 13.4. The number of allylic oxidation sites excluding steroid dienone is 1. The van der Waals surface area contributed by atoms with Crippen molar-refractivity contribution in [3.05, 3.63) is 59.2 Å². The minimum Gasteiger partial charge on any atom is -0.347 e. The molecule has 1 amide bonds. The van der Waals surface area contributed by atoms with Crippen LogP contribution in [-0.2, 0) is 13.6 Å². The topological polar surface area (TPSA) is 58.8 Å². The van der Waals surface area contributed by atoms with E-state index >= 15 is 0 Å². The van der Waals surface area contributed by atoms with Crippen LogP contribution in [0, 0.1) is 12.7 Å². The number of hydrogen-bond acceptors (Lipinski definition) is 4. The summed E-state index contributed by atoms with van der Waals surface area (Å²) < 4.78 is 16.1. The van der Waals surface area contributed by atoms with Gasteiger partial charge < -0.3 is 9.88 Å². The standard InChI is InChI=1S/C23H26ClFN4OS.C2H6/c1-15-22(31-19-7-4-17(24)5-8-19)13-21(29(15)3)23(30)28-14-16-12-18(6-9-20(16)25)27-11-10-26-2;1-2/h4,6-7,9-13,17,19H,5,8,14H2,1-3H3,(H,28,30);1-2H3. The molecular formula is C25H32ClFN4OS. The first-order valence-electron chi connectivity index (χ1n) is 11.1. The van der Waals surface area contributed by atoms with Crippen LogP contribution in [0.2, 0.25) is 0 Å². The summed E-state index contributed by atoms with van der Waals surface area (Å²) in [6.45, 7) is 6.07. The molecule has 8 heteroatoms. The molecular weight excluding hydrogens is 459 g/mol. The van der Waals surface area contributed by atoms with Crippen molar-refractivity contribution in [2.75, 3.05) is 7.05 Å². The maximum atomic E-state index is 14.2. The molecule has 3 rings (SSSR count). The quantitative estimate of drug-likeness (QED) is 0.283. The molecule has 1 aromatic heterocycles. The van der Waals surface area contributed by atoms with E-state index in [0.29, 0.717) is 22.2 Å². The van der Waals surface area contributed by atoms with E-state index in [2.05, 4.69) is 21.4 Å². The van der Waals surface area contributed by atoms with Crippen LogP contribution in [0.15, 0.2) is 51.3 Å². The Labute approximate surface area is 205 Å². The zero-order chi connectivity index (χ0) is 24.4. The maximum absolute atomic E-state index is 14.2. The number of rotatable bonds is 7. The van der Waals surface area contributed by atoms with E-state index in [1.807, 2.05) is 44.5 Å². The van der Waals surface area contributed by atoms with Gasteiger partial charge in [-0.05, 0) is 44.0 Å². The van der Waals surface area contributed by atoms with Crippen molar-refractivity contribution in [1.82, 2.24) is 9.88 Å². The van der Waals surface area contributed by atoms with Crippen molar-refractivity contribution in [1.29, 1.82) is 0 Å². The molecule has 1 heterocycles. The minimum absolute atomic E-state index is 0.0745. The van der Waals surface area contributed by atoms with Gasteiger partial charge in [0.1, 0.15) is 11.5 Å². The van der Waals surface area contributed by atoms with Crippen LogP contribution < -0.4 is 5.32 Å². The molecule has 0 saturated carbocycles. The van der Waals surface area contributed by atoms with E-state index < -0.39 is 0 Å². The van der Waals surface area contributed by atoms with Gasteiger partial charge in [0.25, 0.3) is 5.91 Å². The first-order valence-corrected chi connectivity index (χ1v) is 12.4. The number of nitrogens with zero attached hydrogens (tertiary/aromatic N) is 3. The number of amides is 1. The Morgan fingerprint density at radius 1 is 1.27 bits per heavy atom. The van der Waals surface area contributed by atoms with Crippen LogP contribution >= 0.6 is 23.4 Å². The Morgan fingerprint density at radius 2 is 2.03 bits per heavy atom. The van der Waals surface area contributed by atoms with Gasteiger partial charge in [0.05, 0.1) is 11.1 Å². The number of aliphatic imine (C=N–C) groups is 2. The molecule has 178 valence electrons. The third-order valence-electron chi connectivity index (χ3n) is 5.17. The molecule has 0 radical (unpaired) electrons. The highest BCUT2D eigenvalue weighted by atomic mass is 35.5. The number of hydrogen-bond donors (Lipinski definition) is 1. The zero-order valence-corrected chi connectivity index (χ0v) is 21.4. The summed E-state index contributed by atoms with van der Waals surface area (Å²) in [5, 5.41) is 3.28. The third-order valence-corrected chi connectivity index (χ3v) is 6.90. The summed E-state index contributed by atoms with van der Waals surface area (Å²) in [5.41, 5.74) is 2.54. The van der Waals surface area contributed by atoms with Gasteiger partial charge in [-0.3, -0.25) is 14.8 Å². The maximum Gasteiger partial charge on any atom is 0.268 e.